The highest BCUT2D eigenvalue weighted by Gasteiger charge is 2.16. The maximum Gasteiger partial charge on any atom is 0.350 e. The number of methoxy groups -OCH3 is 1. The molecule has 1 aromatic carbocycles. The van der Waals surface area contributed by atoms with Gasteiger partial charge in [-0.2, -0.15) is 0 Å². The number of hydrogen-bond donors (Lipinski definition) is 0. The first-order valence-corrected chi connectivity index (χ1v) is 8.09. The van der Waals surface area contributed by atoms with Gasteiger partial charge in [-0.3, -0.25) is 0 Å². The maximum atomic E-state index is 12.1. The van der Waals surface area contributed by atoms with E-state index in [1.165, 1.54) is 11.3 Å². The van der Waals surface area contributed by atoms with Crippen LogP contribution in [0.5, 0.6) is 5.75 Å². The minimum Gasteiger partial charge on any atom is -0.497 e. The summed E-state index contributed by atoms with van der Waals surface area (Å²) < 4.78 is 15.8. The average Bonchev–Trinajstić information content (AvgIpc) is 3.19. The van der Waals surface area contributed by atoms with Crippen LogP contribution in [-0.2, 0) is 11.3 Å². The van der Waals surface area contributed by atoms with Crippen molar-refractivity contribution in [2.45, 2.75) is 20.5 Å². The van der Waals surface area contributed by atoms with Gasteiger partial charge in [-0.15, -0.1) is 11.3 Å². The van der Waals surface area contributed by atoms with E-state index < -0.39 is 5.97 Å². The number of carbonyl (C=O) groups excluding carboxylic acids is 1. The normalized spacial score (nSPS) is 10.6. The largest absolute Gasteiger partial charge is 0.497 e. The van der Waals surface area contributed by atoms with Gasteiger partial charge >= 0.3 is 5.97 Å². The standard InChI is InChI=1S/C17H16N2O4S/c1-10-16(24-11(2)18-10)17(20)22-9-13-8-15(23-19-13)12-5-4-6-14(7-12)21-3/h4-8H,9H2,1-3H3. The van der Waals surface area contributed by atoms with Crippen LogP contribution >= 0.6 is 11.3 Å². The summed E-state index contributed by atoms with van der Waals surface area (Å²) in [5, 5.41) is 4.77. The molecule has 0 spiro atoms. The fourth-order valence-corrected chi connectivity index (χ4v) is 3.03. The molecule has 0 atom stereocenters. The molecule has 0 N–H and O–H groups in total. The summed E-state index contributed by atoms with van der Waals surface area (Å²) in [4.78, 5) is 16.8. The number of carbonyl (C=O) groups is 1. The third-order valence-corrected chi connectivity index (χ3v) is 4.41. The number of thiazole rings is 1. The Balaban J connectivity index is 1.68. The number of benzene rings is 1. The van der Waals surface area contributed by atoms with Gasteiger partial charge in [0, 0.05) is 11.6 Å². The molecule has 0 aliphatic rings. The van der Waals surface area contributed by atoms with Crippen LogP contribution in [0.3, 0.4) is 0 Å². The Morgan fingerprint density at radius 2 is 2.12 bits per heavy atom. The third-order valence-electron chi connectivity index (χ3n) is 3.35. The van der Waals surface area contributed by atoms with Gasteiger partial charge in [-0.25, -0.2) is 9.78 Å². The summed E-state index contributed by atoms with van der Waals surface area (Å²) in [6, 6.07) is 9.20. The van der Waals surface area contributed by atoms with E-state index in [-0.39, 0.29) is 6.61 Å². The number of aromatic nitrogens is 2. The number of rotatable bonds is 5. The van der Waals surface area contributed by atoms with Crippen LogP contribution in [0.1, 0.15) is 26.1 Å². The average molecular weight is 344 g/mol. The molecular weight excluding hydrogens is 328 g/mol. The monoisotopic (exact) mass is 344 g/mol. The Hall–Kier alpha value is -2.67. The van der Waals surface area contributed by atoms with Gasteiger partial charge in [0.05, 0.1) is 17.8 Å². The van der Waals surface area contributed by atoms with Crippen molar-refractivity contribution >= 4 is 17.3 Å². The smallest absolute Gasteiger partial charge is 0.350 e. The fraction of sp³-hybridized carbons (Fsp3) is 0.235. The Morgan fingerprint density at radius 3 is 2.83 bits per heavy atom. The van der Waals surface area contributed by atoms with E-state index >= 15 is 0 Å². The molecule has 6 nitrogen and oxygen atoms in total. The summed E-state index contributed by atoms with van der Waals surface area (Å²) in [6.07, 6.45) is 0. The van der Waals surface area contributed by atoms with Crippen LogP contribution < -0.4 is 4.74 Å². The summed E-state index contributed by atoms with van der Waals surface area (Å²) >= 11 is 1.32. The molecule has 3 rings (SSSR count). The Morgan fingerprint density at radius 1 is 1.29 bits per heavy atom. The van der Waals surface area contributed by atoms with Crippen molar-refractivity contribution in [1.29, 1.82) is 0 Å². The van der Waals surface area contributed by atoms with Crippen molar-refractivity contribution < 1.29 is 18.8 Å². The van der Waals surface area contributed by atoms with Crippen LogP contribution in [0.25, 0.3) is 11.3 Å². The van der Waals surface area contributed by atoms with Crippen LogP contribution in [0, 0.1) is 13.8 Å². The molecule has 0 saturated heterocycles. The number of nitrogens with zero attached hydrogens (tertiary/aromatic N) is 2. The van der Waals surface area contributed by atoms with Gasteiger partial charge in [-0.1, -0.05) is 17.3 Å². The lowest BCUT2D eigenvalue weighted by Crippen LogP contribution is -2.05. The van der Waals surface area contributed by atoms with E-state index in [2.05, 4.69) is 10.1 Å². The van der Waals surface area contributed by atoms with E-state index in [4.69, 9.17) is 14.0 Å². The lowest BCUT2D eigenvalue weighted by Gasteiger charge is -2.01. The van der Waals surface area contributed by atoms with Crippen LogP contribution in [0.2, 0.25) is 0 Å². The molecule has 7 heteroatoms. The second-order valence-corrected chi connectivity index (χ2v) is 6.34. The highest BCUT2D eigenvalue weighted by atomic mass is 32.1. The molecule has 0 aliphatic heterocycles. The predicted octanol–water partition coefficient (Wildman–Crippen LogP) is 3.78. The van der Waals surface area contributed by atoms with Gasteiger partial charge < -0.3 is 14.0 Å². The molecular formula is C17H16N2O4S. The molecule has 0 fully saturated rings. The minimum atomic E-state index is -0.399. The highest BCUT2D eigenvalue weighted by Crippen LogP contribution is 2.25. The van der Waals surface area contributed by atoms with Crippen LogP contribution in [0.15, 0.2) is 34.9 Å². The molecule has 0 amide bonds. The van der Waals surface area contributed by atoms with Gasteiger partial charge in [-0.05, 0) is 26.0 Å². The first-order valence-electron chi connectivity index (χ1n) is 7.28. The molecule has 2 heterocycles. The first kappa shape index (κ1) is 16.2. The number of aryl methyl sites for hydroxylation is 2. The number of hydrogen-bond acceptors (Lipinski definition) is 7. The molecule has 24 heavy (non-hydrogen) atoms. The lowest BCUT2D eigenvalue weighted by molar-refractivity contribution is 0.0469. The van der Waals surface area contributed by atoms with Crippen molar-refractivity contribution in [3.05, 3.63) is 51.6 Å². The highest BCUT2D eigenvalue weighted by molar-refractivity contribution is 7.13. The second-order valence-electron chi connectivity index (χ2n) is 5.14. The Labute approximate surface area is 143 Å². The van der Waals surface area contributed by atoms with Gasteiger partial charge in [0.25, 0.3) is 0 Å². The summed E-state index contributed by atoms with van der Waals surface area (Å²) in [5.74, 6) is 0.918. The fourth-order valence-electron chi connectivity index (χ4n) is 2.22. The van der Waals surface area contributed by atoms with E-state index in [9.17, 15) is 4.79 Å². The summed E-state index contributed by atoms with van der Waals surface area (Å²) in [6.45, 7) is 3.69. The summed E-state index contributed by atoms with van der Waals surface area (Å²) in [7, 11) is 1.60. The number of ether oxygens (including phenoxy) is 2. The van der Waals surface area contributed by atoms with Gasteiger partial charge in [0.15, 0.2) is 5.76 Å². The molecule has 0 radical (unpaired) electrons. The quantitative estimate of drug-likeness (QED) is 0.656. The molecule has 0 aliphatic carbocycles. The third kappa shape index (κ3) is 3.46. The SMILES string of the molecule is COc1cccc(-c2cc(COC(=O)c3sc(C)nc3C)no2)c1. The molecule has 0 unspecified atom stereocenters. The molecule has 0 saturated carbocycles. The zero-order valence-corrected chi connectivity index (χ0v) is 14.3. The van der Waals surface area contributed by atoms with E-state index in [1.807, 2.05) is 31.2 Å². The zero-order valence-electron chi connectivity index (χ0n) is 13.5. The minimum absolute atomic E-state index is 0.0443. The van der Waals surface area contributed by atoms with Crippen molar-refractivity contribution in [3.63, 3.8) is 0 Å². The maximum absolute atomic E-state index is 12.1. The molecule has 2 aromatic heterocycles. The first-order chi connectivity index (χ1) is 11.6. The van der Waals surface area contributed by atoms with Crippen LogP contribution in [-0.4, -0.2) is 23.2 Å². The molecule has 0 bridgehead atoms. The van der Waals surface area contributed by atoms with Crippen molar-refractivity contribution in [3.8, 4) is 17.1 Å². The van der Waals surface area contributed by atoms with Crippen molar-refractivity contribution in [2.75, 3.05) is 7.11 Å². The Bertz CT molecular complexity index is 869. The predicted molar refractivity (Wildman–Crippen MR) is 89.2 cm³/mol. The topological polar surface area (TPSA) is 74.5 Å². The van der Waals surface area contributed by atoms with E-state index in [1.54, 1.807) is 20.1 Å². The lowest BCUT2D eigenvalue weighted by atomic mass is 10.1. The Kier molecular flexibility index (Phi) is 4.61. The number of esters is 1. The van der Waals surface area contributed by atoms with Gasteiger partial charge in [0.1, 0.15) is 22.9 Å². The summed E-state index contributed by atoms with van der Waals surface area (Å²) in [5.41, 5.74) is 2.06. The van der Waals surface area contributed by atoms with Crippen molar-refractivity contribution in [1.82, 2.24) is 10.1 Å². The van der Waals surface area contributed by atoms with Crippen molar-refractivity contribution in [2.24, 2.45) is 0 Å². The van der Waals surface area contributed by atoms with Gasteiger partial charge in [0.2, 0.25) is 0 Å². The molecule has 124 valence electrons. The zero-order chi connectivity index (χ0) is 17.1. The van der Waals surface area contributed by atoms with E-state index in [0.717, 1.165) is 16.3 Å². The van der Waals surface area contributed by atoms with Crippen LogP contribution in [0.4, 0.5) is 0 Å². The second kappa shape index (κ2) is 6.84. The molecule has 3 aromatic rings. The van der Waals surface area contributed by atoms with E-state index in [0.29, 0.717) is 22.0 Å².